The average Bonchev–Trinajstić information content (AvgIpc) is 2.87. The topological polar surface area (TPSA) is 57.6 Å². The lowest BCUT2D eigenvalue weighted by Crippen LogP contribution is -2.49. The average molecular weight is 297 g/mol. The van der Waals surface area contributed by atoms with Gasteiger partial charge in [-0.3, -0.25) is 4.79 Å². The van der Waals surface area contributed by atoms with Crippen molar-refractivity contribution < 1.29 is 14.7 Å². The van der Waals surface area contributed by atoms with Crippen LogP contribution in [-0.4, -0.2) is 45.5 Å². The summed E-state index contributed by atoms with van der Waals surface area (Å²) in [5, 5.41) is 9.48. The van der Waals surface area contributed by atoms with Gasteiger partial charge in [-0.05, 0) is 49.5 Å². The molecule has 1 saturated carbocycles. The molecular weight excluding hydrogens is 274 g/mol. The van der Waals surface area contributed by atoms with Crippen LogP contribution in [0, 0.1) is 11.8 Å². The van der Waals surface area contributed by atoms with E-state index in [1.165, 1.54) is 6.42 Å². The molecule has 0 aromatic heterocycles. The number of rotatable bonds is 2. The Morgan fingerprint density at radius 2 is 1.75 bits per heavy atom. The first-order chi connectivity index (χ1) is 9.68. The van der Waals surface area contributed by atoms with Gasteiger partial charge < -0.3 is 10.0 Å². The first-order valence-electron chi connectivity index (χ1n) is 7.81. The molecule has 3 fully saturated rings. The Kier molecular flexibility index (Phi) is 4.24. The summed E-state index contributed by atoms with van der Waals surface area (Å²) in [6, 6.07) is -0.364. The van der Waals surface area contributed by atoms with Gasteiger partial charge in [-0.1, -0.05) is 12.8 Å². The van der Waals surface area contributed by atoms with Crippen molar-refractivity contribution in [3.8, 4) is 0 Å². The standard InChI is InChI=1S/C15H23NO3S/c17-14(10-5-7-20-8-6-10)16-12-4-2-1-3-11(12)9-13(16)15(18)19/h10-13H,1-9H2,(H,18,19). The van der Waals surface area contributed by atoms with Crippen molar-refractivity contribution in [1.29, 1.82) is 0 Å². The van der Waals surface area contributed by atoms with Gasteiger partial charge in [0.25, 0.3) is 0 Å². The summed E-state index contributed by atoms with van der Waals surface area (Å²) < 4.78 is 0. The second-order valence-corrected chi connectivity index (χ2v) is 7.56. The maximum atomic E-state index is 12.8. The SMILES string of the molecule is O=C(O)C1CC2CCCCC2N1C(=O)C1CCSCC1. The van der Waals surface area contributed by atoms with Gasteiger partial charge >= 0.3 is 5.97 Å². The van der Waals surface area contributed by atoms with Crippen LogP contribution in [0.2, 0.25) is 0 Å². The molecule has 2 heterocycles. The number of aliphatic carboxylic acids is 1. The molecule has 5 heteroatoms. The fourth-order valence-electron chi connectivity index (χ4n) is 4.15. The lowest BCUT2D eigenvalue weighted by molar-refractivity contribution is -0.152. The van der Waals surface area contributed by atoms with Crippen molar-refractivity contribution in [3.05, 3.63) is 0 Å². The normalized spacial score (nSPS) is 34.8. The van der Waals surface area contributed by atoms with Crippen molar-refractivity contribution in [3.63, 3.8) is 0 Å². The summed E-state index contributed by atoms with van der Waals surface area (Å²) in [5.74, 6) is 1.89. The van der Waals surface area contributed by atoms with Gasteiger partial charge in [-0.25, -0.2) is 4.79 Å². The lowest BCUT2D eigenvalue weighted by Gasteiger charge is -2.36. The largest absolute Gasteiger partial charge is 0.480 e. The van der Waals surface area contributed by atoms with Crippen LogP contribution in [0.3, 0.4) is 0 Å². The Bertz CT molecular complexity index is 395. The summed E-state index contributed by atoms with van der Waals surface area (Å²) in [5.41, 5.74) is 0. The molecule has 1 N–H and O–H groups in total. The maximum Gasteiger partial charge on any atom is 0.326 e. The summed E-state index contributed by atoms with van der Waals surface area (Å²) in [6.45, 7) is 0. The lowest BCUT2D eigenvalue weighted by atomic mass is 9.84. The van der Waals surface area contributed by atoms with E-state index in [4.69, 9.17) is 0 Å². The van der Waals surface area contributed by atoms with Gasteiger partial charge in [0.05, 0.1) is 0 Å². The van der Waals surface area contributed by atoms with Crippen LogP contribution >= 0.6 is 11.8 Å². The van der Waals surface area contributed by atoms with E-state index in [2.05, 4.69) is 0 Å². The van der Waals surface area contributed by atoms with Crippen molar-refractivity contribution >= 4 is 23.6 Å². The van der Waals surface area contributed by atoms with Gasteiger partial charge in [0.15, 0.2) is 0 Å². The minimum Gasteiger partial charge on any atom is -0.480 e. The molecule has 3 unspecified atom stereocenters. The number of likely N-dealkylation sites (tertiary alicyclic amines) is 1. The fourth-order valence-corrected chi connectivity index (χ4v) is 5.26. The number of amides is 1. The molecule has 112 valence electrons. The molecule has 0 aromatic carbocycles. The van der Waals surface area contributed by atoms with E-state index >= 15 is 0 Å². The van der Waals surface area contributed by atoms with Crippen LogP contribution in [0.4, 0.5) is 0 Å². The zero-order chi connectivity index (χ0) is 14.1. The van der Waals surface area contributed by atoms with E-state index in [9.17, 15) is 14.7 Å². The Balaban J connectivity index is 1.79. The molecule has 3 atom stereocenters. The zero-order valence-electron chi connectivity index (χ0n) is 11.8. The number of nitrogens with zero attached hydrogens (tertiary/aromatic N) is 1. The number of hydrogen-bond acceptors (Lipinski definition) is 3. The third-order valence-electron chi connectivity index (χ3n) is 5.20. The van der Waals surface area contributed by atoms with Crippen LogP contribution in [0.25, 0.3) is 0 Å². The summed E-state index contributed by atoms with van der Waals surface area (Å²) in [6.07, 6.45) is 6.94. The van der Waals surface area contributed by atoms with Crippen LogP contribution in [0.1, 0.15) is 44.9 Å². The molecule has 3 aliphatic rings. The van der Waals surface area contributed by atoms with Crippen LogP contribution in [0.5, 0.6) is 0 Å². The van der Waals surface area contributed by atoms with Gasteiger partial charge in [-0.15, -0.1) is 0 Å². The highest BCUT2D eigenvalue weighted by atomic mass is 32.2. The number of hydrogen-bond donors (Lipinski definition) is 1. The second-order valence-electron chi connectivity index (χ2n) is 6.33. The van der Waals surface area contributed by atoms with Gasteiger partial charge in [0.2, 0.25) is 5.91 Å². The molecular formula is C15H23NO3S. The maximum absolute atomic E-state index is 12.8. The Hall–Kier alpha value is -0.710. The van der Waals surface area contributed by atoms with Gasteiger partial charge in [0, 0.05) is 12.0 Å². The van der Waals surface area contributed by atoms with Crippen molar-refractivity contribution in [2.24, 2.45) is 11.8 Å². The van der Waals surface area contributed by atoms with Crippen molar-refractivity contribution in [2.75, 3.05) is 11.5 Å². The minimum absolute atomic E-state index is 0.0683. The predicted octanol–water partition coefficient (Wildman–Crippen LogP) is 2.37. The first-order valence-corrected chi connectivity index (χ1v) is 8.96. The Labute approximate surface area is 124 Å². The van der Waals surface area contributed by atoms with E-state index in [0.29, 0.717) is 12.3 Å². The van der Waals surface area contributed by atoms with Gasteiger partial charge in [-0.2, -0.15) is 11.8 Å². The van der Waals surface area contributed by atoms with E-state index in [-0.39, 0.29) is 17.9 Å². The third kappa shape index (κ3) is 2.57. The zero-order valence-corrected chi connectivity index (χ0v) is 12.6. The molecule has 20 heavy (non-hydrogen) atoms. The molecule has 4 nitrogen and oxygen atoms in total. The molecule has 2 aliphatic heterocycles. The molecule has 0 bridgehead atoms. The van der Waals surface area contributed by atoms with E-state index in [1.807, 2.05) is 11.8 Å². The smallest absolute Gasteiger partial charge is 0.326 e. The molecule has 0 aromatic rings. The highest BCUT2D eigenvalue weighted by molar-refractivity contribution is 7.99. The van der Waals surface area contributed by atoms with Crippen LogP contribution in [0.15, 0.2) is 0 Å². The predicted molar refractivity (Wildman–Crippen MR) is 78.7 cm³/mol. The van der Waals surface area contributed by atoms with Crippen molar-refractivity contribution in [2.45, 2.75) is 57.0 Å². The first kappa shape index (κ1) is 14.2. The van der Waals surface area contributed by atoms with E-state index < -0.39 is 12.0 Å². The summed E-state index contributed by atoms with van der Waals surface area (Å²) >= 11 is 1.90. The molecule has 2 saturated heterocycles. The number of carbonyl (C=O) groups excluding carboxylic acids is 1. The summed E-state index contributed by atoms with van der Waals surface area (Å²) in [7, 11) is 0. The number of carboxylic acids is 1. The van der Waals surface area contributed by atoms with E-state index in [0.717, 1.165) is 43.6 Å². The highest BCUT2D eigenvalue weighted by Gasteiger charge is 2.48. The number of carboxylic acid groups (broad SMARTS) is 1. The summed E-state index contributed by atoms with van der Waals surface area (Å²) in [4.78, 5) is 26.2. The highest BCUT2D eigenvalue weighted by Crippen LogP contribution is 2.41. The monoisotopic (exact) mass is 297 g/mol. The second kappa shape index (κ2) is 5.96. The van der Waals surface area contributed by atoms with Gasteiger partial charge in [0.1, 0.15) is 6.04 Å². The molecule has 0 spiro atoms. The molecule has 1 amide bonds. The van der Waals surface area contributed by atoms with Crippen molar-refractivity contribution in [1.82, 2.24) is 4.90 Å². The molecule has 3 rings (SSSR count). The molecule has 1 aliphatic carbocycles. The number of fused-ring (bicyclic) bond motifs is 1. The Morgan fingerprint density at radius 1 is 1.05 bits per heavy atom. The minimum atomic E-state index is -0.807. The third-order valence-corrected chi connectivity index (χ3v) is 6.25. The number of thioether (sulfide) groups is 1. The van der Waals surface area contributed by atoms with Crippen LogP contribution < -0.4 is 0 Å². The fraction of sp³-hybridized carbons (Fsp3) is 0.867. The quantitative estimate of drug-likeness (QED) is 0.850. The van der Waals surface area contributed by atoms with Crippen LogP contribution in [-0.2, 0) is 9.59 Å². The molecule has 0 radical (unpaired) electrons. The Morgan fingerprint density at radius 3 is 2.45 bits per heavy atom. The van der Waals surface area contributed by atoms with E-state index in [1.54, 1.807) is 4.90 Å². The number of carbonyl (C=O) groups is 2.